The Morgan fingerprint density at radius 1 is 1.00 bits per heavy atom. The van der Waals surface area contributed by atoms with Gasteiger partial charge in [-0.05, 0) is 42.8 Å². The van der Waals surface area contributed by atoms with Gasteiger partial charge in [0.15, 0.2) is 0 Å². The molecular weight excluding hydrogens is 369 g/mol. The molecule has 0 radical (unpaired) electrons. The van der Waals surface area contributed by atoms with Crippen LogP contribution in [0.4, 0.5) is 4.39 Å². The van der Waals surface area contributed by atoms with Crippen LogP contribution in [0.3, 0.4) is 0 Å². The maximum atomic E-state index is 14.3. The number of halogens is 2. The van der Waals surface area contributed by atoms with Crippen molar-refractivity contribution in [3.63, 3.8) is 0 Å². The fourth-order valence-corrected chi connectivity index (χ4v) is 3.27. The third kappa shape index (κ3) is 2.65. The lowest BCUT2D eigenvalue weighted by atomic mass is 10.1. The minimum atomic E-state index is -0.713. The Morgan fingerprint density at radius 3 is 2.37 bits per heavy atom. The Bertz CT molecular complexity index is 1280. The minimum absolute atomic E-state index is 0.0571. The van der Waals surface area contributed by atoms with E-state index in [1.54, 1.807) is 43.3 Å². The van der Waals surface area contributed by atoms with Crippen molar-refractivity contribution in [3.8, 4) is 11.4 Å². The fraction of sp³-hybridized carbons (Fsp3) is 0.0500. The molecule has 2 heterocycles. The first kappa shape index (κ1) is 17.2. The van der Waals surface area contributed by atoms with Gasteiger partial charge in [-0.25, -0.2) is 13.8 Å². The fourth-order valence-electron chi connectivity index (χ4n) is 3.13. The summed E-state index contributed by atoms with van der Waals surface area (Å²) in [5.74, 6) is -0.713. The molecule has 0 atom stereocenters. The molecule has 0 fully saturated rings. The van der Waals surface area contributed by atoms with Gasteiger partial charge in [0.25, 0.3) is 5.56 Å². The SMILES string of the molecule is Cc1c(Cl)c(F)cc2c(=O)n(-c3cccnc3)c(=O)n(-c3ccccc3)c12. The molecule has 5 nitrogen and oxygen atoms in total. The molecule has 0 aliphatic heterocycles. The van der Waals surface area contributed by atoms with Crippen LogP contribution in [0, 0.1) is 12.7 Å². The first-order valence-corrected chi connectivity index (χ1v) is 8.50. The molecule has 7 heteroatoms. The zero-order chi connectivity index (χ0) is 19.1. The van der Waals surface area contributed by atoms with Crippen molar-refractivity contribution >= 4 is 22.5 Å². The lowest BCUT2D eigenvalue weighted by Gasteiger charge is -2.16. The van der Waals surface area contributed by atoms with Gasteiger partial charge in [0, 0.05) is 6.20 Å². The van der Waals surface area contributed by atoms with E-state index in [4.69, 9.17) is 11.6 Å². The molecule has 0 aliphatic carbocycles. The van der Waals surface area contributed by atoms with Crippen molar-refractivity contribution in [2.75, 3.05) is 0 Å². The summed E-state index contributed by atoms with van der Waals surface area (Å²) in [7, 11) is 0. The normalized spacial score (nSPS) is 11.1. The van der Waals surface area contributed by atoms with Crippen LogP contribution in [0.2, 0.25) is 5.02 Å². The Hall–Kier alpha value is -3.25. The number of benzene rings is 2. The summed E-state index contributed by atoms with van der Waals surface area (Å²) in [6.07, 6.45) is 2.94. The molecule has 0 bridgehead atoms. The number of hydrogen-bond donors (Lipinski definition) is 0. The van der Waals surface area contributed by atoms with Crippen molar-refractivity contribution < 1.29 is 4.39 Å². The standard InChI is InChI=1S/C20H13ClFN3O2/c1-12-17(21)16(22)10-15-18(12)24(13-6-3-2-4-7-13)20(27)25(19(15)26)14-8-5-9-23-11-14/h2-11H,1H3. The van der Waals surface area contributed by atoms with Crippen molar-refractivity contribution in [3.05, 3.63) is 98.2 Å². The summed E-state index contributed by atoms with van der Waals surface area (Å²) in [5, 5.41) is -0.0631. The summed E-state index contributed by atoms with van der Waals surface area (Å²) < 4.78 is 16.6. The van der Waals surface area contributed by atoms with Gasteiger partial charge in [0.05, 0.1) is 33.5 Å². The second kappa shape index (κ2) is 6.48. The number of rotatable bonds is 2. The summed E-state index contributed by atoms with van der Waals surface area (Å²) in [6.45, 7) is 1.58. The summed E-state index contributed by atoms with van der Waals surface area (Å²) >= 11 is 6.07. The number of pyridine rings is 1. The highest BCUT2D eigenvalue weighted by Gasteiger charge is 2.20. The van der Waals surface area contributed by atoms with Crippen LogP contribution < -0.4 is 11.2 Å². The number of fused-ring (bicyclic) bond motifs is 1. The zero-order valence-corrected chi connectivity index (χ0v) is 14.9. The molecule has 27 heavy (non-hydrogen) atoms. The first-order chi connectivity index (χ1) is 13.0. The molecule has 2 aromatic heterocycles. The predicted octanol–water partition coefficient (Wildman–Crippen LogP) is 3.64. The molecule has 0 N–H and O–H groups in total. The lowest BCUT2D eigenvalue weighted by molar-refractivity contribution is 0.628. The molecule has 4 rings (SSSR count). The van der Waals surface area contributed by atoms with Gasteiger partial charge in [-0.2, -0.15) is 0 Å². The second-order valence-electron chi connectivity index (χ2n) is 6.00. The number of hydrogen-bond acceptors (Lipinski definition) is 3. The van der Waals surface area contributed by atoms with Gasteiger partial charge < -0.3 is 0 Å². The molecule has 0 spiro atoms. The molecule has 0 unspecified atom stereocenters. The van der Waals surface area contributed by atoms with Crippen LogP contribution in [0.1, 0.15) is 5.56 Å². The largest absolute Gasteiger partial charge is 0.340 e. The van der Waals surface area contributed by atoms with Gasteiger partial charge in [-0.15, -0.1) is 0 Å². The molecular formula is C20H13ClFN3O2. The van der Waals surface area contributed by atoms with E-state index in [9.17, 15) is 14.0 Å². The van der Waals surface area contributed by atoms with E-state index in [0.717, 1.165) is 10.6 Å². The summed E-state index contributed by atoms with van der Waals surface area (Å²) in [4.78, 5) is 30.3. The van der Waals surface area contributed by atoms with E-state index in [1.807, 2.05) is 6.07 Å². The van der Waals surface area contributed by atoms with Crippen LogP contribution in [0.25, 0.3) is 22.3 Å². The average molecular weight is 382 g/mol. The van der Waals surface area contributed by atoms with Gasteiger partial charge in [-0.3, -0.25) is 14.3 Å². The van der Waals surface area contributed by atoms with Gasteiger partial charge in [-0.1, -0.05) is 29.8 Å². The van der Waals surface area contributed by atoms with Gasteiger partial charge in [0.1, 0.15) is 5.82 Å². The molecule has 0 aliphatic rings. The molecule has 0 amide bonds. The van der Waals surface area contributed by atoms with Gasteiger partial charge >= 0.3 is 5.69 Å². The number of para-hydroxylation sites is 1. The Kier molecular flexibility index (Phi) is 4.12. The Balaban J connectivity index is 2.29. The average Bonchev–Trinajstić information content (AvgIpc) is 2.69. The molecule has 0 saturated carbocycles. The lowest BCUT2D eigenvalue weighted by Crippen LogP contribution is -2.38. The van der Waals surface area contributed by atoms with Crippen LogP contribution >= 0.6 is 11.6 Å². The third-order valence-electron chi connectivity index (χ3n) is 4.38. The van der Waals surface area contributed by atoms with E-state index in [2.05, 4.69) is 4.98 Å². The second-order valence-corrected chi connectivity index (χ2v) is 6.38. The summed E-state index contributed by atoms with van der Waals surface area (Å²) in [5.41, 5.74) is 0.222. The molecule has 4 aromatic rings. The van der Waals surface area contributed by atoms with E-state index in [-0.39, 0.29) is 15.9 Å². The van der Waals surface area contributed by atoms with E-state index in [0.29, 0.717) is 16.9 Å². The maximum absolute atomic E-state index is 14.3. The Morgan fingerprint density at radius 2 is 1.70 bits per heavy atom. The van der Waals surface area contributed by atoms with Crippen molar-refractivity contribution in [1.82, 2.24) is 14.1 Å². The van der Waals surface area contributed by atoms with E-state index in [1.165, 1.54) is 17.0 Å². The van der Waals surface area contributed by atoms with Crippen LogP contribution in [-0.2, 0) is 0 Å². The molecule has 134 valence electrons. The minimum Gasteiger partial charge on any atom is -0.268 e. The summed E-state index contributed by atoms with van der Waals surface area (Å²) in [6, 6.07) is 13.1. The zero-order valence-electron chi connectivity index (χ0n) is 14.2. The number of nitrogens with zero attached hydrogens (tertiary/aromatic N) is 3. The highest BCUT2D eigenvalue weighted by Crippen LogP contribution is 2.27. The monoisotopic (exact) mass is 381 g/mol. The van der Waals surface area contributed by atoms with Gasteiger partial charge in [0.2, 0.25) is 0 Å². The van der Waals surface area contributed by atoms with Crippen molar-refractivity contribution in [1.29, 1.82) is 0 Å². The number of aryl methyl sites for hydroxylation is 1. The topological polar surface area (TPSA) is 56.9 Å². The molecule has 2 aromatic carbocycles. The van der Waals surface area contributed by atoms with Crippen LogP contribution in [0.15, 0.2) is 70.5 Å². The first-order valence-electron chi connectivity index (χ1n) is 8.13. The number of aromatic nitrogens is 3. The Labute approximate surface area is 157 Å². The van der Waals surface area contributed by atoms with Crippen LogP contribution in [0.5, 0.6) is 0 Å². The predicted molar refractivity (Wildman–Crippen MR) is 103 cm³/mol. The van der Waals surface area contributed by atoms with E-state index < -0.39 is 17.1 Å². The van der Waals surface area contributed by atoms with E-state index >= 15 is 0 Å². The molecule has 0 saturated heterocycles. The van der Waals surface area contributed by atoms with Crippen molar-refractivity contribution in [2.45, 2.75) is 6.92 Å². The third-order valence-corrected chi connectivity index (χ3v) is 4.84. The quantitative estimate of drug-likeness (QED) is 0.532. The highest BCUT2D eigenvalue weighted by molar-refractivity contribution is 6.32. The van der Waals surface area contributed by atoms with Crippen molar-refractivity contribution in [2.24, 2.45) is 0 Å². The smallest absolute Gasteiger partial charge is 0.268 e. The highest BCUT2D eigenvalue weighted by atomic mass is 35.5. The maximum Gasteiger partial charge on any atom is 0.340 e. The van der Waals surface area contributed by atoms with Crippen LogP contribution in [-0.4, -0.2) is 14.1 Å².